The second kappa shape index (κ2) is 4.19. The highest BCUT2D eigenvalue weighted by Gasteiger charge is 2.20. The smallest absolute Gasteiger partial charge is 0.257 e. The lowest BCUT2D eigenvalue weighted by molar-refractivity contribution is 0.115. The van der Waals surface area contributed by atoms with Gasteiger partial charge in [-0.05, 0) is 34.7 Å². The molecule has 0 unspecified atom stereocenters. The molecule has 13 heavy (non-hydrogen) atoms. The summed E-state index contributed by atoms with van der Waals surface area (Å²) in [5.74, 6) is -0.181. The molecule has 0 radical (unpaired) electrons. The first-order valence-electron chi connectivity index (χ1n) is 3.54. The van der Waals surface area contributed by atoms with E-state index in [1.165, 1.54) is 12.1 Å². The molecule has 0 saturated carbocycles. The van der Waals surface area contributed by atoms with Crippen LogP contribution in [0.25, 0.3) is 0 Å². The lowest BCUT2D eigenvalue weighted by Crippen LogP contribution is -2.18. The van der Waals surface area contributed by atoms with Crippen molar-refractivity contribution in [3.63, 3.8) is 0 Å². The van der Waals surface area contributed by atoms with Crippen molar-refractivity contribution in [2.24, 2.45) is 5.73 Å². The van der Waals surface area contributed by atoms with Gasteiger partial charge in [-0.3, -0.25) is 0 Å². The number of aromatic hydroxyl groups is 1. The first kappa shape index (κ1) is 10.6. The summed E-state index contributed by atoms with van der Waals surface area (Å²) in [6, 6.07) is 3.01. The van der Waals surface area contributed by atoms with Gasteiger partial charge in [0.1, 0.15) is 5.75 Å². The predicted octanol–water partition coefficient (Wildman–Crippen LogP) is 2.26. The van der Waals surface area contributed by atoms with E-state index >= 15 is 0 Å². The Morgan fingerprint density at radius 3 is 2.46 bits per heavy atom. The molecule has 5 heteroatoms. The van der Waals surface area contributed by atoms with Crippen molar-refractivity contribution < 1.29 is 13.9 Å². The van der Waals surface area contributed by atoms with E-state index < -0.39 is 12.5 Å². The summed E-state index contributed by atoms with van der Waals surface area (Å²) >= 11 is 1.97. The molecule has 1 aromatic carbocycles. The van der Waals surface area contributed by atoms with Crippen molar-refractivity contribution in [2.45, 2.75) is 12.5 Å². The van der Waals surface area contributed by atoms with E-state index in [-0.39, 0.29) is 11.3 Å². The summed E-state index contributed by atoms with van der Waals surface area (Å²) in [5, 5.41) is 9.29. The third-order valence-electron chi connectivity index (χ3n) is 1.62. The lowest BCUT2D eigenvalue weighted by atomic mass is 10.1. The van der Waals surface area contributed by atoms with Gasteiger partial charge in [0, 0.05) is 9.13 Å². The van der Waals surface area contributed by atoms with Crippen molar-refractivity contribution in [1.82, 2.24) is 0 Å². The molecule has 0 fully saturated rings. The summed E-state index contributed by atoms with van der Waals surface area (Å²) < 4.78 is 25.1. The SMILES string of the molecule is N[C@H](c1ccc(I)cc1O)C(F)F. The molecule has 2 nitrogen and oxygen atoms in total. The largest absolute Gasteiger partial charge is 0.508 e. The van der Waals surface area contributed by atoms with Crippen molar-refractivity contribution in [3.05, 3.63) is 27.3 Å². The Morgan fingerprint density at radius 2 is 2.00 bits per heavy atom. The molecular weight excluding hydrogens is 291 g/mol. The predicted molar refractivity (Wildman–Crippen MR) is 53.8 cm³/mol. The van der Waals surface area contributed by atoms with Crippen LogP contribution in [-0.2, 0) is 0 Å². The van der Waals surface area contributed by atoms with Gasteiger partial charge in [0.2, 0.25) is 0 Å². The molecule has 0 bridgehead atoms. The molecule has 0 saturated heterocycles. The fraction of sp³-hybridized carbons (Fsp3) is 0.250. The zero-order valence-corrected chi connectivity index (χ0v) is 8.70. The number of phenols is 1. The summed E-state index contributed by atoms with van der Waals surface area (Å²) in [6.45, 7) is 0. The highest BCUT2D eigenvalue weighted by atomic mass is 127. The Labute approximate surface area is 87.9 Å². The monoisotopic (exact) mass is 299 g/mol. The first-order chi connectivity index (χ1) is 6.02. The molecule has 0 aliphatic rings. The van der Waals surface area contributed by atoms with Crippen LogP contribution >= 0.6 is 22.6 Å². The number of alkyl halides is 2. The molecule has 0 aliphatic heterocycles. The van der Waals surface area contributed by atoms with E-state index in [0.29, 0.717) is 0 Å². The molecule has 3 N–H and O–H groups in total. The van der Waals surface area contributed by atoms with Gasteiger partial charge in [0.15, 0.2) is 0 Å². The number of halogens is 3. The van der Waals surface area contributed by atoms with Gasteiger partial charge in [0.05, 0.1) is 6.04 Å². The molecular formula is C8H8F2INO. The standard InChI is InChI=1S/C8H8F2INO/c9-8(10)7(12)5-2-1-4(11)3-6(5)13/h1-3,7-8,13H,12H2/t7-/m1/s1. The number of phenolic OH excluding ortho intramolecular Hbond substituents is 1. The summed E-state index contributed by atoms with van der Waals surface area (Å²) in [5.41, 5.74) is 5.26. The first-order valence-corrected chi connectivity index (χ1v) is 4.62. The van der Waals surface area contributed by atoms with Crippen LogP contribution in [0.1, 0.15) is 11.6 Å². The zero-order valence-electron chi connectivity index (χ0n) is 6.55. The number of hydrogen-bond acceptors (Lipinski definition) is 2. The fourth-order valence-corrected chi connectivity index (χ4v) is 1.41. The Kier molecular flexibility index (Phi) is 3.43. The molecule has 0 aliphatic carbocycles. The van der Waals surface area contributed by atoms with Gasteiger partial charge in [-0.25, -0.2) is 8.78 Å². The Bertz CT molecular complexity index is 306. The third-order valence-corrected chi connectivity index (χ3v) is 2.29. The van der Waals surface area contributed by atoms with E-state index in [0.717, 1.165) is 3.57 Å². The maximum Gasteiger partial charge on any atom is 0.257 e. The van der Waals surface area contributed by atoms with Crippen LogP contribution in [0.3, 0.4) is 0 Å². The summed E-state index contributed by atoms with van der Waals surface area (Å²) in [6.07, 6.45) is -2.66. The lowest BCUT2D eigenvalue weighted by Gasteiger charge is -2.12. The average molecular weight is 299 g/mol. The number of benzene rings is 1. The minimum absolute atomic E-state index is 0.0791. The van der Waals surface area contributed by atoms with Gasteiger partial charge in [-0.2, -0.15) is 0 Å². The van der Waals surface area contributed by atoms with Crippen LogP contribution in [0.2, 0.25) is 0 Å². The fourth-order valence-electron chi connectivity index (χ4n) is 0.934. The van der Waals surface area contributed by atoms with Crippen molar-refractivity contribution in [2.75, 3.05) is 0 Å². The highest BCUT2D eigenvalue weighted by molar-refractivity contribution is 14.1. The van der Waals surface area contributed by atoms with Gasteiger partial charge in [-0.15, -0.1) is 0 Å². The van der Waals surface area contributed by atoms with Gasteiger partial charge in [0.25, 0.3) is 6.43 Å². The Morgan fingerprint density at radius 1 is 1.38 bits per heavy atom. The molecule has 1 atom stereocenters. The average Bonchev–Trinajstić information content (AvgIpc) is 2.03. The van der Waals surface area contributed by atoms with Gasteiger partial charge in [-0.1, -0.05) is 6.07 Å². The quantitative estimate of drug-likeness (QED) is 0.823. The molecule has 0 spiro atoms. The van der Waals surface area contributed by atoms with E-state index in [4.69, 9.17) is 5.73 Å². The number of hydrogen-bond donors (Lipinski definition) is 2. The van der Waals surface area contributed by atoms with Gasteiger partial charge < -0.3 is 10.8 Å². The summed E-state index contributed by atoms with van der Waals surface area (Å²) in [4.78, 5) is 0. The molecule has 1 aromatic rings. The normalized spacial score (nSPS) is 13.3. The topological polar surface area (TPSA) is 46.2 Å². The molecule has 0 aromatic heterocycles. The summed E-state index contributed by atoms with van der Waals surface area (Å²) in [7, 11) is 0. The van der Waals surface area contributed by atoms with Crippen LogP contribution < -0.4 is 5.73 Å². The third kappa shape index (κ3) is 2.50. The second-order valence-corrected chi connectivity index (χ2v) is 3.81. The minimum atomic E-state index is -2.66. The van der Waals surface area contributed by atoms with E-state index in [2.05, 4.69) is 0 Å². The molecule has 0 heterocycles. The van der Waals surface area contributed by atoms with Crippen LogP contribution in [0.15, 0.2) is 18.2 Å². The van der Waals surface area contributed by atoms with Crippen LogP contribution in [0.4, 0.5) is 8.78 Å². The van der Waals surface area contributed by atoms with Crippen molar-refractivity contribution in [1.29, 1.82) is 0 Å². The zero-order chi connectivity index (χ0) is 10.0. The highest BCUT2D eigenvalue weighted by Crippen LogP contribution is 2.27. The Hall–Kier alpha value is -0.430. The molecule has 72 valence electrons. The Balaban J connectivity index is 3.01. The second-order valence-electron chi connectivity index (χ2n) is 2.56. The van der Waals surface area contributed by atoms with E-state index in [1.54, 1.807) is 6.07 Å². The van der Waals surface area contributed by atoms with Crippen LogP contribution in [0, 0.1) is 3.57 Å². The van der Waals surface area contributed by atoms with Crippen LogP contribution in [-0.4, -0.2) is 11.5 Å². The minimum Gasteiger partial charge on any atom is -0.508 e. The molecule has 0 amide bonds. The number of nitrogens with two attached hydrogens (primary N) is 1. The van der Waals surface area contributed by atoms with E-state index in [9.17, 15) is 13.9 Å². The van der Waals surface area contributed by atoms with E-state index in [1.807, 2.05) is 22.6 Å². The maximum absolute atomic E-state index is 12.2. The molecule has 1 rings (SSSR count). The number of rotatable bonds is 2. The maximum atomic E-state index is 12.2. The van der Waals surface area contributed by atoms with Crippen molar-refractivity contribution in [3.8, 4) is 5.75 Å². The van der Waals surface area contributed by atoms with Crippen molar-refractivity contribution >= 4 is 22.6 Å². The van der Waals surface area contributed by atoms with Crippen LogP contribution in [0.5, 0.6) is 5.75 Å². The van der Waals surface area contributed by atoms with Gasteiger partial charge >= 0.3 is 0 Å².